The predicted octanol–water partition coefficient (Wildman–Crippen LogP) is 3.09. The van der Waals surface area contributed by atoms with Crippen LogP contribution in [0.1, 0.15) is 24.0 Å². The highest BCUT2D eigenvalue weighted by Crippen LogP contribution is 2.23. The van der Waals surface area contributed by atoms with Gasteiger partial charge in [-0.05, 0) is 48.2 Å². The molecule has 0 bridgehead atoms. The Labute approximate surface area is 182 Å². The second kappa shape index (κ2) is 9.68. The standard InChI is InChI=1S/C24H27N5O2/c1-28-17-20(15-26-28)23-8-11-25-14-19(23)4-7-24(31)27-21-5-2-18(3-6-21)16-29-12-9-22(30)10-13-29/h2-8,11,14-15,17,22,30H,9-10,12-13,16H2,1H3,(H,27,31)/b7-4+. The maximum atomic E-state index is 12.4. The average molecular weight is 418 g/mol. The van der Waals surface area contributed by atoms with Crippen molar-refractivity contribution in [1.29, 1.82) is 0 Å². The highest BCUT2D eigenvalue weighted by Gasteiger charge is 2.16. The lowest BCUT2D eigenvalue weighted by Gasteiger charge is -2.29. The van der Waals surface area contributed by atoms with Gasteiger partial charge in [-0.15, -0.1) is 0 Å². The van der Waals surface area contributed by atoms with Crippen molar-refractivity contribution in [3.8, 4) is 11.1 Å². The van der Waals surface area contributed by atoms with E-state index in [4.69, 9.17) is 0 Å². The van der Waals surface area contributed by atoms with Gasteiger partial charge in [0.15, 0.2) is 0 Å². The minimum atomic E-state index is -0.196. The number of aryl methyl sites for hydroxylation is 1. The van der Waals surface area contributed by atoms with Crippen molar-refractivity contribution in [1.82, 2.24) is 19.7 Å². The predicted molar refractivity (Wildman–Crippen MR) is 121 cm³/mol. The van der Waals surface area contributed by atoms with E-state index in [1.54, 1.807) is 29.3 Å². The van der Waals surface area contributed by atoms with Gasteiger partial charge < -0.3 is 10.4 Å². The van der Waals surface area contributed by atoms with Crippen LogP contribution in [0.4, 0.5) is 5.69 Å². The van der Waals surface area contributed by atoms with Gasteiger partial charge in [0, 0.05) is 68.2 Å². The van der Waals surface area contributed by atoms with Crippen molar-refractivity contribution < 1.29 is 9.90 Å². The molecule has 3 aromatic rings. The number of hydrogen-bond acceptors (Lipinski definition) is 5. The van der Waals surface area contributed by atoms with Crippen molar-refractivity contribution in [2.75, 3.05) is 18.4 Å². The third-order valence-electron chi connectivity index (χ3n) is 5.47. The summed E-state index contributed by atoms with van der Waals surface area (Å²) in [6, 6.07) is 9.82. The summed E-state index contributed by atoms with van der Waals surface area (Å²) in [4.78, 5) is 18.9. The van der Waals surface area contributed by atoms with Crippen LogP contribution in [0.15, 0.2) is 61.2 Å². The molecule has 1 amide bonds. The van der Waals surface area contributed by atoms with Crippen LogP contribution in [0.25, 0.3) is 17.2 Å². The Morgan fingerprint density at radius 2 is 1.97 bits per heavy atom. The zero-order chi connectivity index (χ0) is 21.6. The van der Waals surface area contributed by atoms with Gasteiger partial charge >= 0.3 is 0 Å². The fourth-order valence-corrected chi connectivity index (χ4v) is 3.74. The van der Waals surface area contributed by atoms with Gasteiger partial charge in [0.25, 0.3) is 0 Å². The molecule has 31 heavy (non-hydrogen) atoms. The molecule has 3 heterocycles. The molecule has 4 rings (SSSR count). The van der Waals surface area contributed by atoms with Crippen molar-refractivity contribution >= 4 is 17.7 Å². The first-order chi connectivity index (χ1) is 15.1. The number of amides is 1. The highest BCUT2D eigenvalue weighted by atomic mass is 16.3. The number of aliphatic hydroxyl groups excluding tert-OH is 1. The van der Waals surface area contributed by atoms with Gasteiger partial charge in [-0.25, -0.2) is 0 Å². The molecule has 1 aliphatic heterocycles. The molecule has 1 aromatic carbocycles. The van der Waals surface area contributed by atoms with Gasteiger partial charge in [0.05, 0.1) is 12.3 Å². The van der Waals surface area contributed by atoms with Crippen molar-refractivity contribution in [3.05, 3.63) is 72.3 Å². The summed E-state index contributed by atoms with van der Waals surface area (Å²) in [5.74, 6) is -0.196. The summed E-state index contributed by atoms with van der Waals surface area (Å²) in [6.45, 7) is 2.69. The first-order valence-electron chi connectivity index (χ1n) is 10.5. The number of benzene rings is 1. The quantitative estimate of drug-likeness (QED) is 0.602. The molecule has 1 aliphatic rings. The number of carbonyl (C=O) groups is 1. The summed E-state index contributed by atoms with van der Waals surface area (Å²) in [7, 11) is 1.87. The van der Waals surface area contributed by atoms with E-state index in [0.717, 1.165) is 54.9 Å². The van der Waals surface area contributed by atoms with Crippen LogP contribution in [0.3, 0.4) is 0 Å². The number of aromatic nitrogens is 3. The monoisotopic (exact) mass is 417 g/mol. The van der Waals surface area contributed by atoms with E-state index in [1.165, 1.54) is 11.6 Å². The van der Waals surface area contributed by atoms with Crippen LogP contribution in [0, 0.1) is 0 Å². The van der Waals surface area contributed by atoms with E-state index < -0.39 is 0 Å². The SMILES string of the molecule is Cn1cc(-c2ccncc2/C=C/C(=O)Nc2ccc(CN3CCC(O)CC3)cc2)cn1. The van der Waals surface area contributed by atoms with Gasteiger partial charge in [0.2, 0.25) is 5.91 Å². The molecular formula is C24H27N5O2. The molecule has 0 spiro atoms. The molecule has 7 heteroatoms. The summed E-state index contributed by atoms with van der Waals surface area (Å²) >= 11 is 0. The van der Waals surface area contributed by atoms with Crippen LogP contribution in [-0.4, -0.2) is 49.9 Å². The van der Waals surface area contributed by atoms with E-state index in [2.05, 4.69) is 20.3 Å². The Bertz CT molecular complexity index is 1050. The minimum absolute atomic E-state index is 0.158. The van der Waals surface area contributed by atoms with Crippen LogP contribution >= 0.6 is 0 Å². The number of aliphatic hydroxyl groups is 1. The zero-order valence-electron chi connectivity index (χ0n) is 17.6. The Morgan fingerprint density at radius 3 is 2.68 bits per heavy atom. The number of piperidine rings is 1. The molecule has 7 nitrogen and oxygen atoms in total. The minimum Gasteiger partial charge on any atom is -0.393 e. The fraction of sp³-hybridized carbons (Fsp3) is 0.292. The van der Waals surface area contributed by atoms with E-state index in [1.807, 2.05) is 43.6 Å². The lowest BCUT2D eigenvalue weighted by atomic mass is 10.0. The third kappa shape index (κ3) is 5.65. The van der Waals surface area contributed by atoms with Gasteiger partial charge in [-0.3, -0.25) is 19.4 Å². The molecular weight excluding hydrogens is 390 g/mol. The van der Waals surface area contributed by atoms with Crippen molar-refractivity contribution in [2.24, 2.45) is 7.05 Å². The summed E-state index contributed by atoms with van der Waals surface area (Å²) in [5, 5.41) is 16.7. The first-order valence-corrected chi connectivity index (χ1v) is 10.5. The maximum Gasteiger partial charge on any atom is 0.248 e. The largest absolute Gasteiger partial charge is 0.393 e. The van der Waals surface area contributed by atoms with Gasteiger partial charge in [-0.2, -0.15) is 5.10 Å². The normalized spacial score (nSPS) is 15.4. The molecule has 1 fully saturated rings. The number of nitrogens with one attached hydrogen (secondary N) is 1. The number of nitrogens with zero attached hydrogens (tertiary/aromatic N) is 4. The zero-order valence-corrected chi connectivity index (χ0v) is 17.6. The van der Waals surface area contributed by atoms with Crippen LogP contribution in [-0.2, 0) is 18.4 Å². The molecule has 0 unspecified atom stereocenters. The molecule has 1 saturated heterocycles. The lowest BCUT2D eigenvalue weighted by Crippen LogP contribution is -2.35. The molecule has 0 atom stereocenters. The summed E-state index contributed by atoms with van der Waals surface area (Å²) < 4.78 is 1.74. The van der Waals surface area contributed by atoms with E-state index in [9.17, 15) is 9.90 Å². The summed E-state index contributed by atoms with van der Waals surface area (Å²) in [6.07, 6.45) is 12.0. The second-order valence-electron chi connectivity index (χ2n) is 7.89. The Kier molecular flexibility index (Phi) is 6.54. The smallest absolute Gasteiger partial charge is 0.248 e. The van der Waals surface area contributed by atoms with Crippen LogP contribution < -0.4 is 5.32 Å². The maximum absolute atomic E-state index is 12.4. The van der Waals surface area contributed by atoms with Gasteiger partial charge in [-0.1, -0.05) is 12.1 Å². The number of anilines is 1. The van der Waals surface area contributed by atoms with Crippen LogP contribution in [0.2, 0.25) is 0 Å². The first kappa shape index (κ1) is 21.0. The Hall–Kier alpha value is -3.29. The number of hydrogen-bond donors (Lipinski definition) is 2. The second-order valence-corrected chi connectivity index (χ2v) is 7.89. The summed E-state index contributed by atoms with van der Waals surface area (Å²) in [5.41, 5.74) is 4.76. The number of pyridine rings is 1. The van der Waals surface area contributed by atoms with E-state index in [-0.39, 0.29) is 12.0 Å². The van der Waals surface area contributed by atoms with Gasteiger partial charge in [0.1, 0.15) is 0 Å². The Morgan fingerprint density at radius 1 is 1.19 bits per heavy atom. The lowest BCUT2D eigenvalue weighted by molar-refractivity contribution is -0.111. The molecule has 0 aliphatic carbocycles. The number of likely N-dealkylation sites (tertiary alicyclic amines) is 1. The molecule has 160 valence electrons. The highest BCUT2D eigenvalue weighted by molar-refractivity contribution is 6.02. The Balaban J connectivity index is 1.35. The molecule has 0 saturated carbocycles. The topological polar surface area (TPSA) is 83.3 Å². The molecule has 2 aromatic heterocycles. The number of rotatable bonds is 6. The average Bonchev–Trinajstić information content (AvgIpc) is 3.21. The molecule has 2 N–H and O–H groups in total. The third-order valence-corrected chi connectivity index (χ3v) is 5.47. The van der Waals surface area contributed by atoms with Crippen molar-refractivity contribution in [3.63, 3.8) is 0 Å². The molecule has 0 radical (unpaired) electrons. The van der Waals surface area contributed by atoms with Crippen molar-refractivity contribution in [2.45, 2.75) is 25.5 Å². The fourth-order valence-electron chi connectivity index (χ4n) is 3.74. The van der Waals surface area contributed by atoms with E-state index >= 15 is 0 Å². The van der Waals surface area contributed by atoms with E-state index in [0.29, 0.717) is 0 Å². The van der Waals surface area contributed by atoms with Crippen LogP contribution in [0.5, 0.6) is 0 Å². The number of carbonyl (C=O) groups excluding carboxylic acids is 1.